The van der Waals surface area contributed by atoms with Gasteiger partial charge < -0.3 is 16.0 Å². The van der Waals surface area contributed by atoms with Gasteiger partial charge in [0, 0.05) is 24.8 Å². The Labute approximate surface area is 113 Å². The van der Waals surface area contributed by atoms with Crippen LogP contribution in [0.5, 0.6) is 0 Å². The molecule has 0 spiro atoms. The van der Waals surface area contributed by atoms with Crippen LogP contribution in [0, 0.1) is 5.92 Å². The second-order valence-corrected chi connectivity index (χ2v) is 4.98. The van der Waals surface area contributed by atoms with Crippen LogP contribution >= 0.6 is 0 Å². The quantitative estimate of drug-likeness (QED) is 0.781. The monoisotopic (exact) mass is 263 g/mol. The zero-order valence-corrected chi connectivity index (χ0v) is 11.6. The Bertz CT molecular complexity index is 441. The topological polar surface area (TPSA) is 75.4 Å². The van der Waals surface area contributed by atoms with Crippen molar-refractivity contribution in [2.24, 2.45) is 5.92 Å². The Kier molecular flexibility index (Phi) is 5.36. The minimum Gasteiger partial charge on any atom is -0.399 e. The molecular formula is C14H21N3O2. The summed E-state index contributed by atoms with van der Waals surface area (Å²) in [6.07, 6.45) is 0. The Morgan fingerprint density at radius 3 is 2.37 bits per heavy atom. The molecule has 0 saturated heterocycles. The number of amides is 2. The lowest BCUT2D eigenvalue weighted by Crippen LogP contribution is -2.39. The summed E-state index contributed by atoms with van der Waals surface area (Å²) in [5.41, 5.74) is 6.69. The number of benzene rings is 1. The summed E-state index contributed by atoms with van der Waals surface area (Å²) in [4.78, 5) is 25.0. The third-order valence-corrected chi connectivity index (χ3v) is 2.59. The third kappa shape index (κ3) is 4.99. The average molecular weight is 263 g/mol. The Morgan fingerprint density at radius 1 is 1.26 bits per heavy atom. The SMILES string of the molecule is CC(C)CNC(=O)CN(C)C(=O)c1ccc(N)cc1. The molecule has 0 aliphatic heterocycles. The van der Waals surface area contributed by atoms with Crippen LogP contribution in [0.2, 0.25) is 0 Å². The first kappa shape index (κ1) is 15.0. The van der Waals surface area contributed by atoms with Gasteiger partial charge in [0.1, 0.15) is 0 Å². The molecule has 3 N–H and O–H groups in total. The van der Waals surface area contributed by atoms with Crippen molar-refractivity contribution in [1.82, 2.24) is 10.2 Å². The molecule has 0 aromatic heterocycles. The van der Waals surface area contributed by atoms with E-state index in [-0.39, 0.29) is 18.4 Å². The number of hydrogen-bond acceptors (Lipinski definition) is 3. The lowest BCUT2D eigenvalue weighted by molar-refractivity contribution is -0.121. The summed E-state index contributed by atoms with van der Waals surface area (Å²) >= 11 is 0. The van der Waals surface area contributed by atoms with Crippen LogP contribution in [0.4, 0.5) is 5.69 Å². The molecule has 0 unspecified atom stereocenters. The molecule has 0 fully saturated rings. The minimum atomic E-state index is -0.195. The van der Waals surface area contributed by atoms with Gasteiger partial charge >= 0.3 is 0 Å². The van der Waals surface area contributed by atoms with E-state index in [0.29, 0.717) is 23.7 Å². The molecule has 0 aliphatic rings. The number of nitrogens with two attached hydrogens (primary N) is 1. The van der Waals surface area contributed by atoms with Crippen LogP contribution in [0.25, 0.3) is 0 Å². The summed E-state index contributed by atoms with van der Waals surface area (Å²) in [7, 11) is 1.60. The van der Waals surface area contributed by atoms with Crippen molar-refractivity contribution in [2.75, 3.05) is 25.9 Å². The van der Waals surface area contributed by atoms with Gasteiger partial charge in [-0.2, -0.15) is 0 Å². The van der Waals surface area contributed by atoms with Gasteiger partial charge in [-0.1, -0.05) is 13.8 Å². The van der Waals surface area contributed by atoms with Crippen molar-refractivity contribution in [1.29, 1.82) is 0 Å². The number of nitrogens with zero attached hydrogens (tertiary/aromatic N) is 1. The van der Waals surface area contributed by atoms with Gasteiger partial charge in [-0.15, -0.1) is 0 Å². The molecule has 0 heterocycles. The van der Waals surface area contributed by atoms with E-state index in [9.17, 15) is 9.59 Å². The fraction of sp³-hybridized carbons (Fsp3) is 0.429. The van der Waals surface area contributed by atoms with Gasteiger partial charge in [0.15, 0.2) is 0 Å². The minimum absolute atomic E-state index is 0.0515. The maximum atomic E-state index is 12.0. The molecule has 104 valence electrons. The van der Waals surface area contributed by atoms with Crippen LogP contribution < -0.4 is 11.1 Å². The molecule has 19 heavy (non-hydrogen) atoms. The molecule has 2 amide bonds. The van der Waals surface area contributed by atoms with Crippen molar-refractivity contribution in [3.63, 3.8) is 0 Å². The average Bonchev–Trinajstić information content (AvgIpc) is 2.36. The fourth-order valence-corrected chi connectivity index (χ4v) is 1.51. The van der Waals surface area contributed by atoms with E-state index in [1.165, 1.54) is 4.90 Å². The van der Waals surface area contributed by atoms with Gasteiger partial charge in [0.05, 0.1) is 6.54 Å². The second kappa shape index (κ2) is 6.78. The molecule has 0 saturated carbocycles. The van der Waals surface area contributed by atoms with E-state index in [1.807, 2.05) is 13.8 Å². The summed E-state index contributed by atoms with van der Waals surface area (Å²) in [5, 5.41) is 2.78. The highest BCUT2D eigenvalue weighted by molar-refractivity contribution is 5.96. The molecule has 1 aromatic rings. The van der Waals surface area contributed by atoms with Crippen molar-refractivity contribution in [3.8, 4) is 0 Å². The maximum Gasteiger partial charge on any atom is 0.254 e. The highest BCUT2D eigenvalue weighted by Gasteiger charge is 2.14. The number of nitrogens with one attached hydrogen (secondary N) is 1. The van der Waals surface area contributed by atoms with Crippen molar-refractivity contribution in [2.45, 2.75) is 13.8 Å². The number of rotatable bonds is 5. The van der Waals surface area contributed by atoms with E-state index < -0.39 is 0 Å². The van der Waals surface area contributed by atoms with Crippen LogP contribution in [0.15, 0.2) is 24.3 Å². The van der Waals surface area contributed by atoms with Gasteiger partial charge in [-0.25, -0.2) is 0 Å². The normalized spacial score (nSPS) is 10.3. The van der Waals surface area contributed by atoms with Gasteiger partial charge in [0.25, 0.3) is 5.91 Å². The summed E-state index contributed by atoms with van der Waals surface area (Å²) in [6, 6.07) is 6.64. The highest BCUT2D eigenvalue weighted by Crippen LogP contribution is 2.07. The third-order valence-electron chi connectivity index (χ3n) is 2.59. The Morgan fingerprint density at radius 2 is 1.84 bits per heavy atom. The first-order valence-electron chi connectivity index (χ1n) is 6.28. The van der Waals surface area contributed by atoms with E-state index in [2.05, 4.69) is 5.32 Å². The Balaban J connectivity index is 2.53. The van der Waals surface area contributed by atoms with Crippen molar-refractivity contribution in [3.05, 3.63) is 29.8 Å². The molecule has 5 heteroatoms. The van der Waals surface area contributed by atoms with Crippen LogP contribution in [-0.2, 0) is 4.79 Å². The lowest BCUT2D eigenvalue weighted by atomic mass is 10.2. The predicted molar refractivity (Wildman–Crippen MR) is 75.7 cm³/mol. The number of hydrogen-bond donors (Lipinski definition) is 2. The number of anilines is 1. The molecule has 5 nitrogen and oxygen atoms in total. The molecule has 0 radical (unpaired) electrons. The summed E-state index contributed by atoms with van der Waals surface area (Å²) < 4.78 is 0. The van der Waals surface area contributed by atoms with Crippen molar-refractivity contribution >= 4 is 17.5 Å². The number of carbonyl (C=O) groups excluding carboxylic acids is 2. The molecular weight excluding hydrogens is 242 g/mol. The molecule has 1 aromatic carbocycles. The standard InChI is InChI=1S/C14H21N3O2/c1-10(2)8-16-13(18)9-17(3)14(19)11-4-6-12(15)7-5-11/h4-7,10H,8-9,15H2,1-3H3,(H,16,18). The highest BCUT2D eigenvalue weighted by atomic mass is 16.2. The predicted octanol–water partition coefficient (Wildman–Crippen LogP) is 1.11. The molecule has 0 bridgehead atoms. The first-order valence-corrected chi connectivity index (χ1v) is 6.28. The summed E-state index contributed by atoms with van der Waals surface area (Å²) in [6.45, 7) is 4.70. The van der Waals surface area contributed by atoms with Crippen LogP contribution in [0.1, 0.15) is 24.2 Å². The van der Waals surface area contributed by atoms with E-state index in [0.717, 1.165) is 0 Å². The maximum absolute atomic E-state index is 12.0. The van der Waals surface area contributed by atoms with Gasteiger partial charge in [-0.3, -0.25) is 9.59 Å². The molecule has 0 aliphatic carbocycles. The number of carbonyl (C=O) groups is 2. The largest absolute Gasteiger partial charge is 0.399 e. The van der Waals surface area contributed by atoms with Crippen molar-refractivity contribution < 1.29 is 9.59 Å². The zero-order valence-electron chi connectivity index (χ0n) is 11.6. The number of nitrogen functional groups attached to an aromatic ring is 1. The van der Waals surface area contributed by atoms with E-state index in [1.54, 1.807) is 31.3 Å². The van der Waals surface area contributed by atoms with E-state index >= 15 is 0 Å². The first-order chi connectivity index (χ1) is 8.90. The Hall–Kier alpha value is -2.04. The smallest absolute Gasteiger partial charge is 0.254 e. The van der Waals surface area contributed by atoms with Crippen LogP contribution in [-0.4, -0.2) is 36.9 Å². The number of likely N-dealkylation sites (N-methyl/N-ethyl adjacent to an activating group) is 1. The lowest BCUT2D eigenvalue weighted by Gasteiger charge is -2.17. The fourth-order valence-electron chi connectivity index (χ4n) is 1.51. The van der Waals surface area contributed by atoms with E-state index in [4.69, 9.17) is 5.73 Å². The second-order valence-electron chi connectivity index (χ2n) is 4.98. The summed E-state index contributed by atoms with van der Waals surface area (Å²) in [5.74, 6) is 0.0433. The van der Waals surface area contributed by atoms with Crippen LogP contribution in [0.3, 0.4) is 0 Å². The molecule has 1 rings (SSSR count). The molecule has 0 atom stereocenters. The van der Waals surface area contributed by atoms with Gasteiger partial charge in [0.2, 0.25) is 5.91 Å². The zero-order chi connectivity index (χ0) is 14.4. The van der Waals surface area contributed by atoms with Gasteiger partial charge in [-0.05, 0) is 30.2 Å².